The molecule has 0 bridgehead atoms. The molecule has 0 aliphatic rings. The Morgan fingerprint density at radius 1 is 0.957 bits per heavy atom. The van der Waals surface area contributed by atoms with Crippen LogP contribution in [0.1, 0.15) is 22.9 Å². The van der Waals surface area contributed by atoms with Crippen molar-refractivity contribution in [1.82, 2.24) is 9.97 Å². The van der Waals surface area contributed by atoms with Crippen molar-refractivity contribution in [2.24, 2.45) is 0 Å². The summed E-state index contributed by atoms with van der Waals surface area (Å²) in [4.78, 5) is 7.29. The van der Waals surface area contributed by atoms with Gasteiger partial charge in [-0.2, -0.15) is 0 Å². The first-order chi connectivity index (χ1) is 11.0. The number of halogens is 4. The lowest BCUT2D eigenvalue weighted by atomic mass is 9.90. The standard InChI is InChI=1S/C16H10Cl2F2N2S/c17-10-5-8(1-3-12(10)19)15(16-21-7-14(23)22-16)9-2-4-13(20)11(18)6-9/h1-7,15,23H,(H,21,22). The van der Waals surface area contributed by atoms with Crippen LogP contribution < -0.4 is 0 Å². The van der Waals surface area contributed by atoms with Gasteiger partial charge in [0.15, 0.2) is 0 Å². The largest absolute Gasteiger partial charge is 0.337 e. The zero-order valence-corrected chi connectivity index (χ0v) is 13.9. The minimum absolute atomic E-state index is 0.00152. The van der Waals surface area contributed by atoms with Crippen molar-refractivity contribution in [1.29, 1.82) is 0 Å². The molecule has 0 amide bonds. The Labute approximate surface area is 146 Å². The number of aromatic nitrogens is 2. The first kappa shape index (κ1) is 16.3. The molecule has 0 aliphatic carbocycles. The first-order valence-corrected chi connectivity index (χ1v) is 7.80. The Kier molecular flexibility index (Phi) is 4.62. The molecular formula is C16H10Cl2F2N2S. The van der Waals surface area contributed by atoms with E-state index < -0.39 is 17.6 Å². The summed E-state index contributed by atoms with van der Waals surface area (Å²) < 4.78 is 26.9. The molecule has 0 atom stereocenters. The van der Waals surface area contributed by atoms with Gasteiger partial charge >= 0.3 is 0 Å². The SMILES string of the molecule is Fc1ccc(C(c2ccc(F)c(Cl)c2)c2ncc(S)[nH]2)cc1Cl. The lowest BCUT2D eigenvalue weighted by Gasteiger charge is -2.17. The number of nitrogens with zero attached hydrogens (tertiary/aromatic N) is 1. The Morgan fingerprint density at radius 2 is 1.48 bits per heavy atom. The first-order valence-electron chi connectivity index (χ1n) is 6.59. The van der Waals surface area contributed by atoms with Gasteiger partial charge in [0.05, 0.1) is 27.2 Å². The van der Waals surface area contributed by atoms with Crippen LogP contribution in [-0.4, -0.2) is 9.97 Å². The van der Waals surface area contributed by atoms with Gasteiger partial charge < -0.3 is 4.98 Å². The summed E-state index contributed by atoms with van der Waals surface area (Å²) >= 11 is 16.0. The molecule has 0 fully saturated rings. The topological polar surface area (TPSA) is 28.7 Å². The second-order valence-electron chi connectivity index (χ2n) is 4.93. The Hall–Kier alpha value is -1.56. The molecule has 0 spiro atoms. The molecule has 1 N–H and O–H groups in total. The van der Waals surface area contributed by atoms with Crippen LogP contribution in [0.2, 0.25) is 10.0 Å². The number of thiol groups is 1. The van der Waals surface area contributed by atoms with Gasteiger partial charge in [-0.05, 0) is 35.4 Å². The normalized spacial score (nSPS) is 11.2. The number of hydrogen-bond acceptors (Lipinski definition) is 2. The van der Waals surface area contributed by atoms with Crippen LogP contribution in [0.4, 0.5) is 8.78 Å². The molecule has 3 aromatic rings. The lowest BCUT2D eigenvalue weighted by molar-refractivity contribution is 0.626. The van der Waals surface area contributed by atoms with Crippen LogP contribution >= 0.6 is 35.8 Å². The zero-order chi connectivity index (χ0) is 16.6. The predicted molar refractivity (Wildman–Crippen MR) is 89.6 cm³/mol. The summed E-state index contributed by atoms with van der Waals surface area (Å²) in [5.74, 6) is -0.867. The molecule has 0 unspecified atom stereocenters. The van der Waals surface area contributed by atoms with E-state index in [2.05, 4.69) is 22.6 Å². The maximum atomic E-state index is 13.4. The molecule has 0 radical (unpaired) electrons. The molecule has 2 nitrogen and oxygen atoms in total. The average molecular weight is 371 g/mol. The minimum atomic E-state index is -0.513. The number of H-pyrrole nitrogens is 1. The van der Waals surface area contributed by atoms with Crippen LogP contribution in [0.5, 0.6) is 0 Å². The van der Waals surface area contributed by atoms with Gasteiger partial charge in [0.1, 0.15) is 17.5 Å². The number of benzene rings is 2. The van der Waals surface area contributed by atoms with Gasteiger partial charge in [-0.1, -0.05) is 35.3 Å². The van der Waals surface area contributed by atoms with Crippen molar-refractivity contribution in [3.05, 3.63) is 81.2 Å². The highest BCUT2D eigenvalue weighted by Crippen LogP contribution is 2.34. The van der Waals surface area contributed by atoms with Crippen molar-refractivity contribution >= 4 is 35.8 Å². The zero-order valence-electron chi connectivity index (χ0n) is 11.5. The molecular weight excluding hydrogens is 361 g/mol. The summed E-state index contributed by atoms with van der Waals surface area (Å²) in [7, 11) is 0. The van der Waals surface area contributed by atoms with Gasteiger partial charge in [-0.25, -0.2) is 13.8 Å². The Morgan fingerprint density at radius 3 is 1.87 bits per heavy atom. The van der Waals surface area contributed by atoms with E-state index in [0.717, 1.165) is 0 Å². The van der Waals surface area contributed by atoms with Crippen LogP contribution in [0, 0.1) is 11.6 Å². The summed E-state index contributed by atoms with van der Waals surface area (Å²) in [6.07, 6.45) is 1.56. The fourth-order valence-corrected chi connectivity index (χ4v) is 2.92. The molecule has 7 heteroatoms. The summed E-state index contributed by atoms with van der Waals surface area (Å²) in [6.45, 7) is 0. The van der Waals surface area contributed by atoms with E-state index in [1.165, 1.54) is 24.3 Å². The molecule has 0 saturated carbocycles. The van der Waals surface area contributed by atoms with Gasteiger partial charge in [0.2, 0.25) is 0 Å². The number of hydrogen-bond donors (Lipinski definition) is 2. The fraction of sp³-hybridized carbons (Fsp3) is 0.0625. The monoisotopic (exact) mass is 370 g/mol. The Balaban J connectivity index is 2.17. The molecule has 1 heterocycles. The highest BCUT2D eigenvalue weighted by molar-refractivity contribution is 7.80. The van der Waals surface area contributed by atoms with E-state index in [-0.39, 0.29) is 10.0 Å². The number of rotatable bonds is 3. The fourth-order valence-electron chi connectivity index (χ4n) is 2.37. The molecule has 0 saturated heterocycles. The van der Waals surface area contributed by atoms with Crippen LogP contribution in [0.15, 0.2) is 47.6 Å². The quantitative estimate of drug-likeness (QED) is 0.588. The average Bonchev–Trinajstić information content (AvgIpc) is 2.93. The van der Waals surface area contributed by atoms with E-state index in [0.29, 0.717) is 22.0 Å². The van der Waals surface area contributed by atoms with Crippen molar-refractivity contribution in [3.63, 3.8) is 0 Å². The van der Waals surface area contributed by atoms with Gasteiger partial charge in [-0.15, -0.1) is 12.6 Å². The third-order valence-corrected chi connectivity index (χ3v) is 4.22. The van der Waals surface area contributed by atoms with Crippen LogP contribution in [-0.2, 0) is 0 Å². The van der Waals surface area contributed by atoms with Crippen molar-refractivity contribution < 1.29 is 8.78 Å². The van der Waals surface area contributed by atoms with E-state index in [9.17, 15) is 8.78 Å². The highest BCUT2D eigenvalue weighted by atomic mass is 35.5. The lowest BCUT2D eigenvalue weighted by Crippen LogP contribution is -2.06. The predicted octanol–water partition coefficient (Wildman–Crippen LogP) is 5.46. The summed E-state index contributed by atoms with van der Waals surface area (Å²) in [5, 5.41) is 0.572. The molecule has 118 valence electrons. The maximum Gasteiger partial charge on any atom is 0.141 e. The van der Waals surface area contributed by atoms with Gasteiger partial charge in [-0.3, -0.25) is 0 Å². The van der Waals surface area contributed by atoms with E-state index in [1.54, 1.807) is 18.3 Å². The number of aromatic amines is 1. The number of imidazole rings is 1. The molecule has 2 aromatic carbocycles. The number of nitrogens with one attached hydrogen (secondary N) is 1. The molecule has 3 rings (SSSR count). The van der Waals surface area contributed by atoms with E-state index in [1.807, 2.05) is 0 Å². The molecule has 23 heavy (non-hydrogen) atoms. The minimum Gasteiger partial charge on any atom is -0.337 e. The van der Waals surface area contributed by atoms with Crippen LogP contribution in [0.3, 0.4) is 0 Å². The van der Waals surface area contributed by atoms with E-state index in [4.69, 9.17) is 23.2 Å². The van der Waals surface area contributed by atoms with Crippen LogP contribution in [0.25, 0.3) is 0 Å². The van der Waals surface area contributed by atoms with Crippen molar-refractivity contribution in [2.45, 2.75) is 10.9 Å². The summed E-state index contributed by atoms with van der Waals surface area (Å²) in [5.41, 5.74) is 1.39. The third kappa shape index (κ3) is 3.37. The summed E-state index contributed by atoms with van der Waals surface area (Å²) in [6, 6.07) is 8.79. The highest BCUT2D eigenvalue weighted by Gasteiger charge is 2.22. The Bertz CT molecular complexity index is 816. The maximum absolute atomic E-state index is 13.4. The van der Waals surface area contributed by atoms with Crippen molar-refractivity contribution in [2.75, 3.05) is 0 Å². The smallest absolute Gasteiger partial charge is 0.141 e. The second kappa shape index (κ2) is 6.51. The van der Waals surface area contributed by atoms with Gasteiger partial charge in [0.25, 0.3) is 0 Å². The van der Waals surface area contributed by atoms with Crippen molar-refractivity contribution in [3.8, 4) is 0 Å². The van der Waals surface area contributed by atoms with Gasteiger partial charge in [0, 0.05) is 0 Å². The third-order valence-electron chi connectivity index (χ3n) is 3.41. The molecule has 1 aromatic heterocycles. The second-order valence-corrected chi connectivity index (χ2v) is 6.23. The van der Waals surface area contributed by atoms with E-state index >= 15 is 0 Å². The molecule has 0 aliphatic heterocycles.